The number of esters is 1. The van der Waals surface area contributed by atoms with Crippen LogP contribution in [0.15, 0.2) is 0 Å². The summed E-state index contributed by atoms with van der Waals surface area (Å²) < 4.78 is 15.4. The molecule has 0 bridgehead atoms. The van der Waals surface area contributed by atoms with Crippen LogP contribution in [-0.4, -0.2) is 49.2 Å². The average molecular weight is 269 g/mol. The lowest BCUT2D eigenvalue weighted by Gasteiger charge is -2.32. The van der Waals surface area contributed by atoms with Crippen LogP contribution in [0.1, 0.15) is 26.7 Å². The van der Waals surface area contributed by atoms with Crippen LogP contribution in [0.4, 0.5) is 0 Å². The number of methoxy groups -OCH3 is 1. The van der Waals surface area contributed by atoms with E-state index in [0.29, 0.717) is 13.2 Å². The smallest absolute Gasteiger partial charge is 0.308 e. The Balaban J connectivity index is 4.44. The molecule has 0 aliphatic carbocycles. The minimum atomic E-state index is -1.04. The molecule has 0 aromatic heterocycles. The lowest BCUT2D eigenvalue weighted by atomic mass is 10.1. The fourth-order valence-corrected chi connectivity index (χ4v) is 1.79. The van der Waals surface area contributed by atoms with E-state index in [1.807, 2.05) is 13.8 Å². The van der Waals surface area contributed by atoms with E-state index in [2.05, 4.69) is 4.74 Å². The summed E-state index contributed by atoms with van der Waals surface area (Å²) >= 11 is 5.82. The molecule has 1 N–H and O–H groups in total. The zero-order valence-electron chi connectivity index (χ0n) is 10.6. The van der Waals surface area contributed by atoms with Gasteiger partial charge < -0.3 is 19.3 Å². The molecule has 0 spiro atoms. The van der Waals surface area contributed by atoms with Crippen molar-refractivity contribution < 1.29 is 24.1 Å². The first-order valence-corrected chi connectivity index (χ1v) is 6.15. The first-order valence-electron chi connectivity index (χ1n) is 5.62. The molecule has 0 saturated heterocycles. The maximum atomic E-state index is 11.0. The number of alkyl halides is 1. The van der Waals surface area contributed by atoms with Gasteiger partial charge in [-0.2, -0.15) is 0 Å². The van der Waals surface area contributed by atoms with Crippen molar-refractivity contribution in [1.82, 2.24) is 0 Å². The van der Waals surface area contributed by atoms with E-state index in [0.717, 1.165) is 0 Å². The molecule has 1 unspecified atom stereocenters. The molecule has 0 fully saturated rings. The third-order valence-corrected chi connectivity index (χ3v) is 2.60. The van der Waals surface area contributed by atoms with E-state index < -0.39 is 17.9 Å². The highest BCUT2D eigenvalue weighted by atomic mass is 35.5. The summed E-state index contributed by atoms with van der Waals surface area (Å²) in [6.07, 6.45) is -0.873. The monoisotopic (exact) mass is 268 g/mol. The first-order chi connectivity index (χ1) is 8.03. The van der Waals surface area contributed by atoms with Crippen molar-refractivity contribution in [2.75, 3.05) is 26.2 Å². The van der Waals surface area contributed by atoms with Gasteiger partial charge in [-0.25, -0.2) is 0 Å². The number of aliphatic hydroxyl groups excluding tert-OH is 1. The Morgan fingerprint density at radius 3 is 2.24 bits per heavy atom. The average Bonchev–Trinajstić information content (AvgIpc) is 2.29. The van der Waals surface area contributed by atoms with E-state index >= 15 is 0 Å². The quantitative estimate of drug-likeness (QED) is 0.388. The normalized spacial score (nSPS) is 13.5. The molecule has 102 valence electrons. The Bertz CT molecular complexity index is 216. The Kier molecular flexibility index (Phi) is 8.51. The second-order valence-electron chi connectivity index (χ2n) is 3.55. The molecule has 0 aromatic rings. The van der Waals surface area contributed by atoms with Crippen LogP contribution < -0.4 is 0 Å². The zero-order chi connectivity index (χ0) is 13.3. The largest absolute Gasteiger partial charge is 0.469 e. The number of rotatable bonds is 9. The number of carbonyl (C=O) groups excluding carboxylic acids is 1. The van der Waals surface area contributed by atoms with Crippen molar-refractivity contribution in [3.05, 3.63) is 0 Å². The summed E-state index contributed by atoms with van der Waals surface area (Å²) in [5.74, 6) is -1.43. The summed E-state index contributed by atoms with van der Waals surface area (Å²) in [4.78, 5) is 11.0. The Hall–Kier alpha value is -0.360. The fourth-order valence-electron chi connectivity index (χ4n) is 1.52. The van der Waals surface area contributed by atoms with Gasteiger partial charge in [0.15, 0.2) is 5.79 Å². The van der Waals surface area contributed by atoms with E-state index in [1.165, 1.54) is 7.11 Å². The first kappa shape index (κ1) is 16.6. The summed E-state index contributed by atoms with van der Waals surface area (Å²) in [6, 6.07) is 0. The van der Waals surface area contributed by atoms with Crippen LogP contribution in [0.3, 0.4) is 0 Å². The standard InChI is InChI=1S/C11H21ClO5/c1-4-16-11(8-12,17-5-2)7-9(13)6-10(14)15-3/h9,13H,4-8H2,1-3H3. The van der Waals surface area contributed by atoms with Crippen LogP contribution in [0.2, 0.25) is 0 Å². The number of ether oxygens (including phenoxy) is 3. The van der Waals surface area contributed by atoms with Crippen molar-refractivity contribution in [3.63, 3.8) is 0 Å². The molecule has 17 heavy (non-hydrogen) atoms. The highest BCUT2D eigenvalue weighted by Crippen LogP contribution is 2.23. The predicted molar refractivity (Wildman–Crippen MR) is 64.0 cm³/mol. The molecular weight excluding hydrogens is 248 g/mol. The van der Waals surface area contributed by atoms with Gasteiger partial charge in [-0.1, -0.05) is 0 Å². The number of carbonyl (C=O) groups is 1. The van der Waals surface area contributed by atoms with Gasteiger partial charge in [-0.05, 0) is 13.8 Å². The Morgan fingerprint density at radius 2 is 1.88 bits per heavy atom. The number of aliphatic hydroxyl groups is 1. The maximum absolute atomic E-state index is 11.0. The van der Waals surface area contributed by atoms with Gasteiger partial charge in [-0.3, -0.25) is 4.79 Å². The molecule has 0 saturated carbocycles. The number of hydrogen-bond acceptors (Lipinski definition) is 5. The topological polar surface area (TPSA) is 65.0 Å². The summed E-state index contributed by atoms with van der Waals surface area (Å²) in [5.41, 5.74) is 0. The Labute approximate surface area is 107 Å². The van der Waals surface area contributed by atoms with Gasteiger partial charge in [0.1, 0.15) is 0 Å². The second-order valence-corrected chi connectivity index (χ2v) is 3.82. The summed E-state index contributed by atoms with van der Waals surface area (Å²) in [6.45, 7) is 4.45. The zero-order valence-corrected chi connectivity index (χ0v) is 11.3. The van der Waals surface area contributed by atoms with Gasteiger partial charge in [0.2, 0.25) is 0 Å². The molecule has 5 nitrogen and oxygen atoms in total. The SMILES string of the molecule is CCOC(CCl)(CC(O)CC(=O)OC)OCC. The molecule has 1 atom stereocenters. The minimum Gasteiger partial charge on any atom is -0.469 e. The highest BCUT2D eigenvalue weighted by molar-refractivity contribution is 6.18. The highest BCUT2D eigenvalue weighted by Gasteiger charge is 2.34. The van der Waals surface area contributed by atoms with E-state index in [1.54, 1.807) is 0 Å². The van der Waals surface area contributed by atoms with Crippen LogP contribution in [-0.2, 0) is 19.0 Å². The Morgan fingerprint density at radius 1 is 1.35 bits per heavy atom. The molecular formula is C11H21ClO5. The molecule has 0 aliphatic heterocycles. The molecule has 0 heterocycles. The lowest BCUT2D eigenvalue weighted by molar-refractivity contribution is -0.232. The third-order valence-electron chi connectivity index (χ3n) is 2.19. The minimum absolute atomic E-state index is 0.0902. The van der Waals surface area contributed by atoms with Crippen LogP contribution in [0.5, 0.6) is 0 Å². The van der Waals surface area contributed by atoms with Gasteiger partial charge in [0.05, 0.1) is 25.5 Å². The van der Waals surface area contributed by atoms with Crippen molar-refractivity contribution in [2.45, 2.75) is 38.6 Å². The fraction of sp³-hybridized carbons (Fsp3) is 0.909. The molecule has 0 aromatic carbocycles. The van der Waals surface area contributed by atoms with E-state index in [-0.39, 0.29) is 18.7 Å². The van der Waals surface area contributed by atoms with Crippen LogP contribution in [0, 0.1) is 0 Å². The third kappa shape index (κ3) is 6.21. The molecule has 0 amide bonds. The van der Waals surface area contributed by atoms with E-state index in [4.69, 9.17) is 21.1 Å². The molecule has 6 heteroatoms. The van der Waals surface area contributed by atoms with Crippen molar-refractivity contribution in [2.24, 2.45) is 0 Å². The molecule has 0 radical (unpaired) electrons. The molecule has 0 rings (SSSR count). The van der Waals surface area contributed by atoms with Crippen LogP contribution >= 0.6 is 11.6 Å². The predicted octanol–water partition coefficient (Wildman–Crippen LogP) is 1.31. The van der Waals surface area contributed by atoms with Crippen molar-refractivity contribution in [3.8, 4) is 0 Å². The van der Waals surface area contributed by atoms with Gasteiger partial charge in [-0.15, -0.1) is 11.6 Å². The number of halogens is 1. The number of hydrogen-bond donors (Lipinski definition) is 1. The van der Waals surface area contributed by atoms with Gasteiger partial charge >= 0.3 is 5.97 Å². The summed E-state index contributed by atoms with van der Waals surface area (Å²) in [7, 11) is 1.27. The van der Waals surface area contributed by atoms with Crippen molar-refractivity contribution in [1.29, 1.82) is 0 Å². The van der Waals surface area contributed by atoms with Gasteiger partial charge in [0.25, 0.3) is 0 Å². The van der Waals surface area contributed by atoms with Crippen LogP contribution in [0.25, 0.3) is 0 Å². The lowest BCUT2D eigenvalue weighted by Crippen LogP contribution is -2.42. The van der Waals surface area contributed by atoms with Crippen molar-refractivity contribution >= 4 is 17.6 Å². The summed E-state index contributed by atoms with van der Waals surface area (Å²) in [5, 5.41) is 9.75. The van der Waals surface area contributed by atoms with Gasteiger partial charge in [0, 0.05) is 19.6 Å². The molecule has 0 aliphatic rings. The maximum Gasteiger partial charge on any atom is 0.308 e. The van der Waals surface area contributed by atoms with E-state index in [9.17, 15) is 9.90 Å². The second kappa shape index (κ2) is 8.69.